The van der Waals surface area contributed by atoms with Crippen molar-refractivity contribution in [3.8, 4) is 27.7 Å². The van der Waals surface area contributed by atoms with Gasteiger partial charge in [-0.3, -0.25) is 14.6 Å². The van der Waals surface area contributed by atoms with E-state index in [0.29, 0.717) is 24.5 Å². The third-order valence-electron chi connectivity index (χ3n) is 4.96. The summed E-state index contributed by atoms with van der Waals surface area (Å²) in [5.74, 6) is 0.148. The number of carbonyl (C=O) groups is 2. The Balaban J connectivity index is 1.64. The number of anilines is 1. The number of hydrogen-bond donors (Lipinski definition) is 0. The van der Waals surface area contributed by atoms with Crippen molar-refractivity contribution in [2.45, 2.75) is 32.8 Å². The molecule has 160 valence electrons. The summed E-state index contributed by atoms with van der Waals surface area (Å²) in [7, 11) is 0. The van der Waals surface area contributed by atoms with Crippen LogP contribution in [0.3, 0.4) is 0 Å². The van der Waals surface area contributed by atoms with E-state index in [1.54, 1.807) is 18.0 Å². The van der Waals surface area contributed by atoms with Crippen LogP contribution in [0.15, 0.2) is 48.0 Å². The second kappa shape index (κ2) is 9.26. The lowest BCUT2D eigenvalue weighted by molar-refractivity contribution is -0.142. The maximum absolute atomic E-state index is 13.0. The Morgan fingerprint density at radius 1 is 1.23 bits per heavy atom. The summed E-state index contributed by atoms with van der Waals surface area (Å²) in [4.78, 5) is 35.5. The highest BCUT2D eigenvalue weighted by Gasteiger charge is 2.33. The summed E-state index contributed by atoms with van der Waals surface area (Å²) in [5, 5.41) is 2.79. The number of benzene rings is 1. The molecule has 1 atom stereocenters. The fraction of sp³-hybridized carbons (Fsp3) is 0.304. The number of carbonyl (C=O) groups excluding carboxylic acids is 2. The van der Waals surface area contributed by atoms with Crippen LogP contribution in [0.5, 0.6) is 5.75 Å². The van der Waals surface area contributed by atoms with Crippen molar-refractivity contribution in [1.82, 2.24) is 9.97 Å². The Morgan fingerprint density at radius 2 is 2.10 bits per heavy atom. The fourth-order valence-corrected chi connectivity index (χ4v) is 4.23. The molecule has 0 saturated heterocycles. The number of rotatable bonds is 7. The highest BCUT2D eigenvalue weighted by Crippen LogP contribution is 2.39. The van der Waals surface area contributed by atoms with Crippen LogP contribution in [0.2, 0.25) is 0 Å². The third kappa shape index (κ3) is 4.44. The molecule has 0 aliphatic carbocycles. The van der Waals surface area contributed by atoms with Crippen molar-refractivity contribution in [1.29, 1.82) is 0 Å². The predicted molar refractivity (Wildman–Crippen MR) is 119 cm³/mol. The van der Waals surface area contributed by atoms with Crippen LogP contribution >= 0.6 is 11.3 Å². The molecule has 1 unspecified atom stereocenters. The van der Waals surface area contributed by atoms with Crippen LogP contribution in [0.25, 0.3) is 22.0 Å². The van der Waals surface area contributed by atoms with Crippen molar-refractivity contribution >= 4 is 28.9 Å². The molecule has 0 N–H and O–H groups in total. The molecule has 3 heterocycles. The average molecular weight is 438 g/mol. The Morgan fingerprint density at radius 3 is 2.84 bits per heavy atom. The summed E-state index contributed by atoms with van der Waals surface area (Å²) >= 11 is 1.51. The molecule has 0 spiro atoms. The van der Waals surface area contributed by atoms with Gasteiger partial charge in [-0.25, -0.2) is 4.98 Å². The quantitative estimate of drug-likeness (QED) is 0.512. The monoisotopic (exact) mass is 437 g/mol. The molecule has 1 aliphatic rings. The van der Waals surface area contributed by atoms with Gasteiger partial charge in [-0.2, -0.15) is 0 Å². The number of esters is 1. The number of thiazole rings is 1. The summed E-state index contributed by atoms with van der Waals surface area (Å²) in [6.45, 7) is 4.22. The van der Waals surface area contributed by atoms with Crippen molar-refractivity contribution in [3.05, 3.63) is 48.0 Å². The first-order valence-electron chi connectivity index (χ1n) is 10.3. The SMILES string of the molecule is CCOC(=O)CCN1C(=O)C(CC)Oc2ccc(-c3csc(-c4ccccn4)n3)cc21. The van der Waals surface area contributed by atoms with Gasteiger partial charge in [0.1, 0.15) is 10.8 Å². The lowest BCUT2D eigenvalue weighted by atomic mass is 10.1. The van der Waals surface area contributed by atoms with Crippen molar-refractivity contribution in [2.24, 2.45) is 0 Å². The molecule has 4 rings (SSSR count). The Bertz CT molecular complexity index is 1080. The van der Waals surface area contributed by atoms with E-state index in [4.69, 9.17) is 14.5 Å². The third-order valence-corrected chi connectivity index (χ3v) is 5.82. The van der Waals surface area contributed by atoms with Crippen LogP contribution in [0.4, 0.5) is 5.69 Å². The first-order chi connectivity index (χ1) is 15.1. The predicted octanol–water partition coefficient (Wildman–Crippen LogP) is 4.33. The highest BCUT2D eigenvalue weighted by molar-refractivity contribution is 7.13. The minimum atomic E-state index is -0.560. The molecule has 0 fully saturated rings. The van der Waals surface area contributed by atoms with Gasteiger partial charge in [-0.1, -0.05) is 13.0 Å². The molecule has 0 saturated carbocycles. The van der Waals surface area contributed by atoms with Gasteiger partial charge in [-0.15, -0.1) is 11.3 Å². The van der Waals surface area contributed by atoms with E-state index in [2.05, 4.69) is 4.98 Å². The van der Waals surface area contributed by atoms with E-state index in [1.165, 1.54) is 11.3 Å². The minimum absolute atomic E-state index is 0.125. The second-order valence-corrected chi connectivity index (χ2v) is 7.85. The molecule has 0 radical (unpaired) electrons. The van der Waals surface area contributed by atoms with Crippen LogP contribution in [-0.2, 0) is 14.3 Å². The normalized spacial score (nSPS) is 15.4. The molecule has 3 aromatic rings. The zero-order chi connectivity index (χ0) is 21.8. The van der Waals surface area contributed by atoms with Crippen LogP contribution in [0, 0.1) is 0 Å². The molecule has 8 heteroatoms. The Labute approximate surface area is 184 Å². The van der Waals surface area contributed by atoms with Crippen molar-refractivity contribution in [3.63, 3.8) is 0 Å². The topological polar surface area (TPSA) is 81.6 Å². The maximum Gasteiger partial charge on any atom is 0.307 e. The molecule has 7 nitrogen and oxygen atoms in total. The molecule has 1 aliphatic heterocycles. The minimum Gasteiger partial charge on any atom is -0.478 e. The summed E-state index contributed by atoms with van der Waals surface area (Å²) in [6.07, 6.45) is 1.86. The van der Waals surface area contributed by atoms with Gasteiger partial charge in [0.25, 0.3) is 5.91 Å². The van der Waals surface area contributed by atoms with E-state index >= 15 is 0 Å². The first kappa shape index (κ1) is 21.0. The van der Waals surface area contributed by atoms with E-state index in [-0.39, 0.29) is 24.8 Å². The largest absolute Gasteiger partial charge is 0.478 e. The van der Waals surface area contributed by atoms with Gasteiger partial charge in [-0.05, 0) is 43.7 Å². The summed E-state index contributed by atoms with van der Waals surface area (Å²) in [5.41, 5.74) is 3.12. The zero-order valence-corrected chi connectivity index (χ0v) is 18.2. The lowest BCUT2D eigenvalue weighted by Crippen LogP contribution is -2.46. The van der Waals surface area contributed by atoms with Gasteiger partial charge < -0.3 is 14.4 Å². The molecule has 2 aromatic heterocycles. The molecule has 1 aromatic carbocycles. The molecule has 0 bridgehead atoms. The number of ether oxygens (including phenoxy) is 2. The maximum atomic E-state index is 13.0. The smallest absolute Gasteiger partial charge is 0.307 e. The van der Waals surface area contributed by atoms with Gasteiger partial charge in [0, 0.05) is 23.7 Å². The van der Waals surface area contributed by atoms with Gasteiger partial charge in [0.2, 0.25) is 0 Å². The Hall–Kier alpha value is -3.26. The number of fused-ring (bicyclic) bond motifs is 1. The first-order valence-corrected chi connectivity index (χ1v) is 11.1. The van der Waals surface area contributed by atoms with Crippen LogP contribution in [0.1, 0.15) is 26.7 Å². The number of nitrogens with zero attached hydrogens (tertiary/aromatic N) is 3. The number of aromatic nitrogens is 2. The van der Waals surface area contributed by atoms with Crippen molar-refractivity contribution in [2.75, 3.05) is 18.1 Å². The number of pyridine rings is 1. The fourth-order valence-electron chi connectivity index (χ4n) is 3.42. The van der Waals surface area contributed by atoms with Gasteiger partial charge >= 0.3 is 5.97 Å². The van der Waals surface area contributed by atoms with Gasteiger partial charge in [0.15, 0.2) is 6.10 Å². The van der Waals surface area contributed by atoms with E-state index < -0.39 is 6.10 Å². The number of hydrogen-bond acceptors (Lipinski definition) is 7. The van der Waals surface area contributed by atoms with E-state index in [9.17, 15) is 9.59 Å². The number of amides is 1. The van der Waals surface area contributed by atoms with Gasteiger partial charge in [0.05, 0.1) is 30.1 Å². The summed E-state index contributed by atoms with van der Waals surface area (Å²) in [6, 6.07) is 11.4. The lowest BCUT2D eigenvalue weighted by Gasteiger charge is -2.34. The second-order valence-electron chi connectivity index (χ2n) is 7.00. The highest BCUT2D eigenvalue weighted by atomic mass is 32.1. The van der Waals surface area contributed by atoms with E-state index in [1.807, 2.05) is 48.7 Å². The molecular formula is C23H23N3O4S. The molecule has 31 heavy (non-hydrogen) atoms. The standard InChI is InChI=1S/C23H23N3O4S/c1-3-19-23(28)26(12-10-21(27)29-4-2)18-13-15(8-9-20(18)30-19)17-14-31-22(25-17)16-7-5-6-11-24-16/h5-9,11,13-14,19H,3-4,10,12H2,1-2H3. The summed E-state index contributed by atoms with van der Waals surface area (Å²) < 4.78 is 10.9. The molecular weight excluding hydrogens is 414 g/mol. The molecule has 1 amide bonds. The van der Waals surface area contributed by atoms with Crippen LogP contribution in [-0.4, -0.2) is 41.1 Å². The van der Waals surface area contributed by atoms with Crippen molar-refractivity contribution < 1.29 is 19.1 Å². The Kier molecular flexibility index (Phi) is 6.27. The van der Waals surface area contributed by atoms with Crippen LogP contribution < -0.4 is 9.64 Å². The van der Waals surface area contributed by atoms with E-state index in [0.717, 1.165) is 22.0 Å². The zero-order valence-electron chi connectivity index (χ0n) is 17.4. The average Bonchev–Trinajstić information content (AvgIpc) is 3.29.